The van der Waals surface area contributed by atoms with Crippen LogP contribution in [-0.4, -0.2) is 54.8 Å². The Morgan fingerprint density at radius 3 is 2.79 bits per heavy atom. The average Bonchev–Trinajstić information content (AvgIpc) is 2.94. The van der Waals surface area contributed by atoms with Gasteiger partial charge in [-0.2, -0.15) is 0 Å². The molecule has 0 saturated carbocycles. The van der Waals surface area contributed by atoms with E-state index >= 15 is 0 Å². The maximum Gasteiger partial charge on any atom is 0.164 e. The summed E-state index contributed by atoms with van der Waals surface area (Å²) >= 11 is 5.92. The number of pyridine rings is 1. The van der Waals surface area contributed by atoms with Crippen LogP contribution in [0.25, 0.3) is 11.0 Å². The Balaban J connectivity index is 2.04. The van der Waals surface area contributed by atoms with Gasteiger partial charge in [0.2, 0.25) is 0 Å². The predicted molar refractivity (Wildman–Crippen MR) is 65.5 cm³/mol. The molecule has 0 amide bonds. The van der Waals surface area contributed by atoms with Gasteiger partial charge in [0.15, 0.2) is 11.4 Å². The van der Waals surface area contributed by atoms with E-state index in [9.17, 15) is 10.2 Å². The quantitative estimate of drug-likeness (QED) is 0.655. The first kappa shape index (κ1) is 12.8. The molecular formula is C11H12ClN3O4. The van der Waals surface area contributed by atoms with E-state index in [1.807, 2.05) is 0 Å². The second kappa shape index (κ2) is 4.69. The Hall–Kier alpha value is -1.25. The highest BCUT2D eigenvalue weighted by Gasteiger charge is 2.43. The lowest BCUT2D eigenvalue weighted by molar-refractivity contribution is -0.0508. The summed E-state index contributed by atoms with van der Waals surface area (Å²) in [5.74, 6) is 0. The van der Waals surface area contributed by atoms with E-state index in [4.69, 9.17) is 21.4 Å². The monoisotopic (exact) mass is 285 g/mol. The smallest absolute Gasteiger partial charge is 0.164 e. The maximum absolute atomic E-state index is 9.98. The van der Waals surface area contributed by atoms with Crippen LogP contribution >= 0.6 is 11.6 Å². The second-order valence-electron chi connectivity index (χ2n) is 4.35. The van der Waals surface area contributed by atoms with Crippen LogP contribution < -0.4 is 0 Å². The second-order valence-corrected chi connectivity index (χ2v) is 4.71. The SMILES string of the molecule is OC[C@H]1OC(n2cnc3c(Cl)nccc32)[C@H](O)[C@@H]1O. The summed E-state index contributed by atoms with van der Waals surface area (Å²) in [5, 5.41) is 29.1. The van der Waals surface area contributed by atoms with Crippen LogP contribution in [-0.2, 0) is 4.74 Å². The van der Waals surface area contributed by atoms with Crippen LogP contribution in [0, 0.1) is 0 Å². The molecular weight excluding hydrogens is 274 g/mol. The molecule has 0 spiro atoms. The highest BCUT2D eigenvalue weighted by molar-refractivity contribution is 6.33. The molecule has 7 nitrogen and oxygen atoms in total. The van der Waals surface area contributed by atoms with Crippen molar-refractivity contribution in [2.24, 2.45) is 0 Å². The fourth-order valence-electron chi connectivity index (χ4n) is 2.24. The molecule has 0 aromatic carbocycles. The van der Waals surface area contributed by atoms with Gasteiger partial charge in [0, 0.05) is 6.20 Å². The number of fused-ring (bicyclic) bond motifs is 1. The van der Waals surface area contributed by atoms with Gasteiger partial charge in [-0.15, -0.1) is 0 Å². The van der Waals surface area contributed by atoms with Crippen molar-refractivity contribution >= 4 is 22.6 Å². The third-order valence-electron chi connectivity index (χ3n) is 3.24. The zero-order valence-electron chi connectivity index (χ0n) is 9.72. The van der Waals surface area contributed by atoms with Gasteiger partial charge < -0.3 is 24.6 Å². The predicted octanol–water partition coefficient (Wildman–Crippen LogP) is -0.304. The number of rotatable bonds is 2. The number of aliphatic hydroxyl groups excluding tert-OH is 3. The van der Waals surface area contributed by atoms with E-state index in [1.165, 1.54) is 12.5 Å². The molecule has 19 heavy (non-hydrogen) atoms. The van der Waals surface area contributed by atoms with Gasteiger partial charge in [0.1, 0.15) is 23.8 Å². The van der Waals surface area contributed by atoms with Gasteiger partial charge in [-0.05, 0) is 6.07 Å². The van der Waals surface area contributed by atoms with E-state index in [1.54, 1.807) is 10.6 Å². The van der Waals surface area contributed by atoms with Gasteiger partial charge in [0.05, 0.1) is 18.5 Å². The van der Waals surface area contributed by atoms with Crippen molar-refractivity contribution in [2.75, 3.05) is 6.61 Å². The minimum absolute atomic E-state index is 0.253. The summed E-state index contributed by atoms with van der Waals surface area (Å²) < 4.78 is 7.00. The molecule has 8 heteroatoms. The highest BCUT2D eigenvalue weighted by atomic mass is 35.5. The molecule has 1 unspecified atom stereocenters. The molecule has 0 bridgehead atoms. The summed E-state index contributed by atoms with van der Waals surface area (Å²) in [7, 11) is 0. The number of imidazole rings is 1. The summed E-state index contributed by atoms with van der Waals surface area (Å²) in [4.78, 5) is 8.02. The zero-order valence-corrected chi connectivity index (χ0v) is 10.5. The molecule has 1 fully saturated rings. The van der Waals surface area contributed by atoms with Crippen LogP contribution in [0.1, 0.15) is 6.23 Å². The fraction of sp³-hybridized carbons (Fsp3) is 0.455. The molecule has 2 aromatic heterocycles. The number of halogens is 1. The minimum atomic E-state index is -1.15. The third kappa shape index (κ3) is 1.90. The summed E-state index contributed by atoms with van der Waals surface area (Å²) in [5.41, 5.74) is 1.12. The van der Waals surface area contributed by atoms with Crippen molar-refractivity contribution in [3.8, 4) is 0 Å². The Kier molecular flexibility index (Phi) is 3.15. The molecule has 2 aromatic rings. The van der Waals surface area contributed by atoms with E-state index < -0.39 is 24.5 Å². The molecule has 0 radical (unpaired) electrons. The van der Waals surface area contributed by atoms with Gasteiger partial charge in [-0.3, -0.25) is 0 Å². The molecule has 3 N–H and O–H groups in total. The van der Waals surface area contributed by atoms with Crippen molar-refractivity contribution in [3.05, 3.63) is 23.7 Å². The molecule has 102 valence electrons. The largest absolute Gasteiger partial charge is 0.394 e. The van der Waals surface area contributed by atoms with Gasteiger partial charge in [0.25, 0.3) is 0 Å². The average molecular weight is 286 g/mol. The molecule has 3 rings (SSSR count). The van der Waals surface area contributed by atoms with Crippen molar-refractivity contribution in [3.63, 3.8) is 0 Å². The van der Waals surface area contributed by atoms with Crippen LogP contribution in [0.4, 0.5) is 0 Å². The first-order chi connectivity index (χ1) is 9.13. The van der Waals surface area contributed by atoms with E-state index in [-0.39, 0.29) is 11.8 Å². The molecule has 1 saturated heterocycles. The number of aromatic nitrogens is 3. The number of aliphatic hydroxyl groups is 3. The van der Waals surface area contributed by atoms with Crippen molar-refractivity contribution in [2.45, 2.75) is 24.5 Å². The molecule has 1 aliphatic heterocycles. The van der Waals surface area contributed by atoms with Crippen LogP contribution in [0.3, 0.4) is 0 Å². The van der Waals surface area contributed by atoms with Crippen LogP contribution in [0.5, 0.6) is 0 Å². The Labute approximate surface area is 113 Å². The molecule has 3 heterocycles. The van der Waals surface area contributed by atoms with Crippen molar-refractivity contribution in [1.29, 1.82) is 0 Å². The van der Waals surface area contributed by atoms with E-state index in [0.29, 0.717) is 11.0 Å². The number of hydrogen-bond donors (Lipinski definition) is 3. The first-order valence-corrected chi connectivity index (χ1v) is 6.10. The van der Waals surface area contributed by atoms with Gasteiger partial charge in [-0.25, -0.2) is 9.97 Å². The first-order valence-electron chi connectivity index (χ1n) is 5.73. The summed E-state index contributed by atoms with van der Waals surface area (Å²) in [6, 6.07) is 1.68. The standard InChI is InChI=1S/C11H12ClN3O4/c12-10-7-5(1-2-13-10)15(4-14-7)11-9(18)8(17)6(3-16)19-11/h1-2,4,6,8-9,11,16-18H,3H2/t6-,8-,9-,11?/m1/s1. The lowest BCUT2D eigenvalue weighted by Gasteiger charge is -2.16. The summed E-state index contributed by atoms with van der Waals surface area (Å²) in [6.45, 7) is -0.371. The number of nitrogens with zero attached hydrogens (tertiary/aromatic N) is 3. The Morgan fingerprint density at radius 1 is 1.32 bits per heavy atom. The minimum Gasteiger partial charge on any atom is -0.394 e. The Bertz CT molecular complexity index is 605. The van der Waals surface area contributed by atoms with Crippen LogP contribution in [0.2, 0.25) is 5.15 Å². The molecule has 1 aliphatic rings. The third-order valence-corrected chi connectivity index (χ3v) is 3.52. The molecule has 4 atom stereocenters. The van der Waals surface area contributed by atoms with Crippen LogP contribution in [0.15, 0.2) is 18.6 Å². The Morgan fingerprint density at radius 2 is 2.11 bits per heavy atom. The lowest BCUT2D eigenvalue weighted by Crippen LogP contribution is -2.33. The van der Waals surface area contributed by atoms with E-state index in [0.717, 1.165) is 0 Å². The van der Waals surface area contributed by atoms with E-state index in [2.05, 4.69) is 9.97 Å². The normalized spacial score (nSPS) is 31.2. The number of hydrogen-bond acceptors (Lipinski definition) is 6. The molecule has 0 aliphatic carbocycles. The zero-order chi connectivity index (χ0) is 13.6. The highest BCUT2D eigenvalue weighted by Crippen LogP contribution is 2.32. The summed E-state index contributed by atoms with van der Waals surface area (Å²) in [6.07, 6.45) is -0.973. The maximum atomic E-state index is 9.98. The van der Waals surface area contributed by atoms with Crippen molar-refractivity contribution in [1.82, 2.24) is 14.5 Å². The topological polar surface area (TPSA) is 101 Å². The lowest BCUT2D eigenvalue weighted by atomic mass is 10.1. The van der Waals surface area contributed by atoms with Crippen molar-refractivity contribution < 1.29 is 20.1 Å². The van der Waals surface area contributed by atoms with Gasteiger partial charge in [-0.1, -0.05) is 11.6 Å². The number of ether oxygens (including phenoxy) is 1. The fourth-order valence-corrected chi connectivity index (χ4v) is 2.44. The van der Waals surface area contributed by atoms with Gasteiger partial charge >= 0.3 is 0 Å².